The molecule has 2 heterocycles. The van der Waals surface area contributed by atoms with Crippen molar-refractivity contribution < 1.29 is 18.7 Å². The van der Waals surface area contributed by atoms with Gasteiger partial charge in [0.2, 0.25) is 0 Å². The van der Waals surface area contributed by atoms with Gasteiger partial charge in [-0.2, -0.15) is 5.10 Å². The van der Waals surface area contributed by atoms with Crippen LogP contribution >= 0.6 is 0 Å². The van der Waals surface area contributed by atoms with Gasteiger partial charge in [0.25, 0.3) is 5.91 Å². The highest BCUT2D eigenvalue weighted by molar-refractivity contribution is 6.08. The van der Waals surface area contributed by atoms with E-state index in [1.165, 1.54) is 6.07 Å². The third-order valence-corrected chi connectivity index (χ3v) is 6.09. The van der Waals surface area contributed by atoms with Gasteiger partial charge >= 0.3 is 0 Å². The van der Waals surface area contributed by atoms with Gasteiger partial charge in [-0.05, 0) is 35.9 Å². The van der Waals surface area contributed by atoms with Crippen LogP contribution in [0.5, 0.6) is 5.75 Å². The lowest BCUT2D eigenvalue weighted by atomic mass is 10.1. The molecule has 1 saturated heterocycles. The minimum atomic E-state index is -0.387. The molecule has 1 amide bonds. The lowest BCUT2D eigenvalue weighted by Crippen LogP contribution is -2.36. The van der Waals surface area contributed by atoms with Crippen LogP contribution in [0.1, 0.15) is 15.9 Å². The molecule has 184 valence electrons. The lowest BCUT2D eigenvalue weighted by molar-refractivity contribution is 0.102. The first-order chi connectivity index (χ1) is 17.6. The second-order valence-corrected chi connectivity index (χ2v) is 8.53. The number of anilines is 2. The second-order valence-electron chi connectivity index (χ2n) is 8.53. The van der Waals surface area contributed by atoms with E-state index in [0.29, 0.717) is 61.2 Å². The molecule has 7 nitrogen and oxygen atoms in total. The number of morpholine rings is 1. The van der Waals surface area contributed by atoms with Crippen molar-refractivity contribution in [3.05, 3.63) is 95.9 Å². The van der Waals surface area contributed by atoms with Crippen LogP contribution < -0.4 is 15.0 Å². The summed E-state index contributed by atoms with van der Waals surface area (Å²) in [6, 6.07) is 22.1. The summed E-state index contributed by atoms with van der Waals surface area (Å²) >= 11 is 0. The summed E-state index contributed by atoms with van der Waals surface area (Å²) < 4.78 is 27.3. The Morgan fingerprint density at radius 1 is 1.06 bits per heavy atom. The summed E-state index contributed by atoms with van der Waals surface area (Å²) in [5, 5.41) is 7.55. The van der Waals surface area contributed by atoms with E-state index in [2.05, 4.69) is 5.32 Å². The highest BCUT2D eigenvalue weighted by atomic mass is 19.1. The van der Waals surface area contributed by atoms with Crippen molar-refractivity contribution in [3.63, 3.8) is 0 Å². The number of carbonyl (C=O) groups excluding carboxylic acids is 1. The summed E-state index contributed by atoms with van der Waals surface area (Å²) in [7, 11) is 1.59. The van der Waals surface area contributed by atoms with Crippen LogP contribution in [0.15, 0.2) is 79.0 Å². The van der Waals surface area contributed by atoms with Crippen molar-refractivity contribution >= 4 is 17.3 Å². The Bertz CT molecular complexity index is 1350. The quantitative estimate of drug-likeness (QED) is 0.405. The normalized spacial score (nSPS) is 13.4. The number of amides is 1. The van der Waals surface area contributed by atoms with Gasteiger partial charge in [-0.3, -0.25) is 9.48 Å². The maximum atomic E-state index is 14.9. The van der Waals surface area contributed by atoms with Crippen molar-refractivity contribution in [3.8, 4) is 17.0 Å². The molecule has 36 heavy (non-hydrogen) atoms. The summed E-state index contributed by atoms with van der Waals surface area (Å²) in [5.74, 6) is -0.0922. The number of ether oxygens (including phenoxy) is 2. The van der Waals surface area contributed by atoms with Crippen molar-refractivity contribution in [1.29, 1.82) is 0 Å². The summed E-state index contributed by atoms with van der Waals surface area (Å²) in [6.07, 6.45) is 1.72. The molecular formula is C28H27FN4O3. The molecule has 0 spiro atoms. The summed E-state index contributed by atoms with van der Waals surface area (Å²) in [4.78, 5) is 15.3. The highest BCUT2D eigenvalue weighted by Crippen LogP contribution is 2.28. The fourth-order valence-corrected chi connectivity index (χ4v) is 4.27. The monoisotopic (exact) mass is 486 g/mol. The highest BCUT2D eigenvalue weighted by Gasteiger charge is 2.20. The van der Waals surface area contributed by atoms with E-state index >= 15 is 0 Å². The molecule has 8 heteroatoms. The molecular weight excluding hydrogens is 459 g/mol. The van der Waals surface area contributed by atoms with Gasteiger partial charge in [-0.15, -0.1) is 0 Å². The third kappa shape index (κ3) is 5.23. The molecule has 4 aromatic rings. The largest absolute Gasteiger partial charge is 0.497 e. The molecule has 0 saturated carbocycles. The van der Waals surface area contributed by atoms with Crippen LogP contribution in [-0.2, 0) is 11.3 Å². The van der Waals surface area contributed by atoms with Gasteiger partial charge in [0.15, 0.2) is 0 Å². The van der Waals surface area contributed by atoms with Crippen LogP contribution in [0.3, 0.4) is 0 Å². The van der Waals surface area contributed by atoms with E-state index in [0.717, 1.165) is 11.1 Å². The standard InChI is InChI=1S/C28H27FN4O3/c1-35-23-9-5-8-21(16-23)27-24(19-33(31-27)18-20-6-3-2-4-7-20)28(34)30-22-10-11-26(25(29)17-22)32-12-14-36-15-13-32/h2-11,16-17,19H,12-15,18H2,1H3,(H,30,34). The maximum Gasteiger partial charge on any atom is 0.259 e. The minimum Gasteiger partial charge on any atom is -0.497 e. The number of carbonyl (C=O) groups is 1. The first kappa shape index (κ1) is 23.6. The molecule has 0 atom stereocenters. The second kappa shape index (κ2) is 10.6. The van der Waals surface area contributed by atoms with Crippen LogP contribution in [0.25, 0.3) is 11.3 Å². The van der Waals surface area contributed by atoms with Crippen LogP contribution in [0, 0.1) is 5.82 Å². The fraction of sp³-hybridized carbons (Fsp3) is 0.214. The number of nitrogens with zero attached hydrogens (tertiary/aromatic N) is 3. The molecule has 0 aliphatic carbocycles. The van der Waals surface area contributed by atoms with E-state index in [1.54, 1.807) is 30.1 Å². The first-order valence-corrected chi connectivity index (χ1v) is 11.8. The predicted molar refractivity (Wildman–Crippen MR) is 137 cm³/mol. The molecule has 1 aliphatic heterocycles. The van der Waals surface area contributed by atoms with E-state index in [4.69, 9.17) is 14.6 Å². The molecule has 5 rings (SSSR count). The Morgan fingerprint density at radius 2 is 1.86 bits per heavy atom. The SMILES string of the molecule is COc1cccc(-c2nn(Cc3ccccc3)cc2C(=O)Nc2ccc(N3CCOCC3)c(F)c2)c1. The van der Waals surface area contributed by atoms with Crippen molar-refractivity contribution in [2.24, 2.45) is 0 Å². The first-order valence-electron chi connectivity index (χ1n) is 11.8. The fourth-order valence-electron chi connectivity index (χ4n) is 4.27. The number of methoxy groups -OCH3 is 1. The van der Waals surface area contributed by atoms with Crippen LogP contribution in [0.4, 0.5) is 15.8 Å². The Balaban J connectivity index is 1.43. The van der Waals surface area contributed by atoms with E-state index in [-0.39, 0.29) is 11.7 Å². The summed E-state index contributed by atoms with van der Waals surface area (Å²) in [6.45, 7) is 2.91. The van der Waals surface area contributed by atoms with Gasteiger partial charge in [0.05, 0.1) is 38.1 Å². The molecule has 0 bridgehead atoms. The Labute approximate surface area is 209 Å². The number of nitrogens with one attached hydrogen (secondary N) is 1. The number of benzene rings is 3. The molecule has 3 aromatic carbocycles. The number of rotatable bonds is 7. The van der Waals surface area contributed by atoms with Crippen molar-refractivity contribution in [1.82, 2.24) is 9.78 Å². The molecule has 1 N–H and O–H groups in total. The third-order valence-electron chi connectivity index (χ3n) is 6.09. The zero-order valence-corrected chi connectivity index (χ0v) is 20.0. The van der Waals surface area contributed by atoms with E-state index < -0.39 is 0 Å². The van der Waals surface area contributed by atoms with Gasteiger partial charge in [-0.25, -0.2) is 4.39 Å². The van der Waals surface area contributed by atoms with E-state index in [9.17, 15) is 9.18 Å². The molecule has 0 unspecified atom stereocenters. The topological polar surface area (TPSA) is 68.6 Å². The summed E-state index contributed by atoms with van der Waals surface area (Å²) in [5.41, 5.74) is 3.60. The average Bonchev–Trinajstić information content (AvgIpc) is 3.34. The maximum absolute atomic E-state index is 14.9. The predicted octanol–water partition coefficient (Wildman–Crippen LogP) is 4.84. The van der Waals surface area contributed by atoms with Crippen LogP contribution in [0.2, 0.25) is 0 Å². The Morgan fingerprint density at radius 3 is 2.61 bits per heavy atom. The smallest absolute Gasteiger partial charge is 0.259 e. The van der Waals surface area contributed by atoms with Gasteiger partial charge in [-0.1, -0.05) is 42.5 Å². The zero-order chi connectivity index (χ0) is 24.9. The van der Waals surface area contributed by atoms with Gasteiger partial charge < -0.3 is 19.7 Å². The zero-order valence-electron chi connectivity index (χ0n) is 20.0. The number of hydrogen-bond donors (Lipinski definition) is 1. The Kier molecular flexibility index (Phi) is 6.95. The molecule has 1 fully saturated rings. The minimum absolute atomic E-state index is 0.370. The Hall–Kier alpha value is -4.17. The number of halogens is 1. The van der Waals surface area contributed by atoms with Gasteiger partial charge in [0, 0.05) is 30.5 Å². The lowest BCUT2D eigenvalue weighted by Gasteiger charge is -2.29. The van der Waals surface area contributed by atoms with Crippen molar-refractivity contribution in [2.45, 2.75) is 6.54 Å². The van der Waals surface area contributed by atoms with Crippen LogP contribution in [-0.4, -0.2) is 49.1 Å². The average molecular weight is 487 g/mol. The van der Waals surface area contributed by atoms with Gasteiger partial charge in [0.1, 0.15) is 17.3 Å². The number of aromatic nitrogens is 2. The molecule has 1 aliphatic rings. The molecule has 0 radical (unpaired) electrons. The number of hydrogen-bond acceptors (Lipinski definition) is 5. The van der Waals surface area contributed by atoms with E-state index in [1.807, 2.05) is 59.5 Å². The molecule has 1 aromatic heterocycles. The van der Waals surface area contributed by atoms with Crippen molar-refractivity contribution in [2.75, 3.05) is 43.6 Å².